The number of benzene rings is 1. The molecule has 6 heteroatoms. The Morgan fingerprint density at radius 2 is 2.00 bits per heavy atom. The maximum Gasteiger partial charge on any atom is 0.330 e. The zero-order chi connectivity index (χ0) is 14.8. The van der Waals surface area contributed by atoms with Crippen LogP contribution in [0.5, 0.6) is 0 Å². The van der Waals surface area contributed by atoms with E-state index in [9.17, 15) is 4.79 Å². The molecule has 2 N–H and O–H groups in total. The summed E-state index contributed by atoms with van der Waals surface area (Å²) in [6, 6.07) is 9.88. The van der Waals surface area contributed by atoms with Crippen LogP contribution < -0.4 is 11.0 Å². The van der Waals surface area contributed by atoms with Gasteiger partial charge in [-0.05, 0) is 37.3 Å². The van der Waals surface area contributed by atoms with E-state index >= 15 is 0 Å². The standard InChI is InChI=1S/C15H17N5O/c1-11(14-7-8-17-19(14)2)18-12-3-5-13(6-4-12)20-10-9-16-15(20)21/h3-11,18H,1-2H3,(H,16,21). The zero-order valence-corrected chi connectivity index (χ0v) is 11.9. The number of nitrogens with one attached hydrogen (secondary N) is 2. The number of aryl methyl sites for hydroxylation is 1. The van der Waals surface area contributed by atoms with Crippen molar-refractivity contribution in [1.82, 2.24) is 19.3 Å². The molecule has 2 heterocycles. The van der Waals surface area contributed by atoms with Gasteiger partial charge in [-0.2, -0.15) is 5.10 Å². The van der Waals surface area contributed by atoms with Crippen LogP contribution >= 0.6 is 0 Å². The van der Waals surface area contributed by atoms with Gasteiger partial charge in [0, 0.05) is 31.3 Å². The van der Waals surface area contributed by atoms with Crippen LogP contribution in [0.3, 0.4) is 0 Å². The fraction of sp³-hybridized carbons (Fsp3) is 0.200. The molecule has 0 radical (unpaired) electrons. The van der Waals surface area contributed by atoms with E-state index in [0.717, 1.165) is 17.1 Å². The predicted molar refractivity (Wildman–Crippen MR) is 81.6 cm³/mol. The van der Waals surface area contributed by atoms with Crippen molar-refractivity contribution in [3.8, 4) is 5.69 Å². The topological polar surface area (TPSA) is 67.6 Å². The lowest BCUT2D eigenvalue weighted by atomic mass is 10.2. The van der Waals surface area contributed by atoms with Crippen LogP contribution in [0.1, 0.15) is 18.7 Å². The van der Waals surface area contributed by atoms with E-state index in [0.29, 0.717) is 0 Å². The lowest BCUT2D eigenvalue weighted by Gasteiger charge is -2.16. The molecule has 21 heavy (non-hydrogen) atoms. The Morgan fingerprint density at radius 3 is 2.57 bits per heavy atom. The highest BCUT2D eigenvalue weighted by Crippen LogP contribution is 2.19. The fourth-order valence-corrected chi connectivity index (χ4v) is 2.37. The van der Waals surface area contributed by atoms with Gasteiger partial charge in [-0.1, -0.05) is 0 Å². The van der Waals surface area contributed by atoms with Gasteiger partial charge in [-0.25, -0.2) is 4.79 Å². The molecule has 1 atom stereocenters. The molecule has 6 nitrogen and oxygen atoms in total. The minimum atomic E-state index is -0.140. The first kappa shape index (κ1) is 13.2. The predicted octanol–water partition coefficient (Wildman–Crippen LogP) is 2.07. The minimum Gasteiger partial charge on any atom is -0.377 e. The van der Waals surface area contributed by atoms with Crippen LogP contribution in [0, 0.1) is 0 Å². The van der Waals surface area contributed by atoms with Crippen LogP contribution in [0.4, 0.5) is 5.69 Å². The van der Waals surface area contributed by atoms with Crippen LogP contribution in [0.2, 0.25) is 0 Å². The van der Waals surface area contributed by atoms with Gasteiger partial charge in [0.15, 0.2) is 0 Å². The quantitative estimate of drug-likeness (QED) is 0.770. The third kappa shape index (κ3) is 2.60. The molecule has 0 saturated carbocycles. The number of rotatable bonds is 4. The second-order valence-electron chi connectivity index (χ2n) is 4.93. The van der Waals surface area contributed by atoms with E-state index in [-0.39, 0.29) is 11.7 Å². The summed E-state index contributed by atoms with van der Waals surface area (Å²) in [5.41, 5.74) is 2.80. The number of hydrogen-bond donors (Lipinski definition) is 2. The lowest BCUT2D eigenvalue weighted by molar-refractivity contribution is 0.676. The maximum atomic E-state index is 11.6. The van der Waals surface area contributed by atoms with E-state index in [1.54, 1.807) is 23.2 Å². The second kappa shape index (κ2) is 5.32. The normalized spacial score (nSPS) is 12.3. The molecule has 1 aromatic carbocycles. The molecule has 0 amide bonds. The van der Waals surface area contributed by atoms with Crippen LogP contribution in [0.25, 0.3) is 5.69 Å². The van der Waals surface area contributed by atoms with Crippen LogP contribution in [-0.2, 0) is 7.05 Å². The van der Waals surface area contributed by atoms with Gasteiger partial charge in [-0.3, -0.25) is 9.25 Å². The van der Waals surface area contributed by atoms with Gasteiger partial charge >= 0.3 is 5.69 Å². The molecule has 0 saturated heterocycles. The Morgan fingerprint density at radius 1 is 1.24 bits per heavy atom. The maximum absolute atomic E-state index is 11.6. The average molecular weight is 283 g/mol. The second-order valence-corrected chi connectivity index (χ2v) is 4.93. The molecule has 1 unspecified atom stereocenters. The number of H-pyrrole nitrogens is 1. The molecule has 0 spiro atoms. The Bertz CT molecular complexity index is 781. The zero-order valence-electron chi connectivity index (χ0n) is 11.9. The minimum absolute atomic E-state index is 0.140. The summed E-state index contributed by atoms with van der Waals surface area (Å²) in [7, 11) is 1.93. The van der Waals surface area contributed by atoms with Gasteiger partial charge in [0.2, 0.25) is 0 Å². The molecule has 0 fully saturated rings. The van der Waals surface area contributed by atoms with Gasteiger partial charge in [0.1, 0.15) is 0 Å². The largest absolute Gasteiger partial charge is 0.377 e. The van der Waals surface area contributed by atoms with Gasteiger partial charge < -0.3 is 10.3 Å². The highest BCUT2D eigenvalue weighted by atomic mass is 16.1. The number of nitrogens with zero attached hydrogens (tertiary/aromatic N) is 3. The smallest absolute Gasteiger partial charge is 0.330 e. The molecule has 0 aliphatic rings. The molecule has 0 aliphatic carbocycles. The van der Waals surface area contributed by atoms with E-state index in [2.05, 4.69) is 22.3 Å². The molecule has 108 valence electrons. The third-order valence-electron chi connectivity index (χ3n) is 3.48. The van der Waals surface area contributed by atoms with E-state index < -0.39 is 0 Å². The van der Waals surface area contributed by atoms with Crippen LogP contribution in [0.15, 0.2) is 53.7 Å². The average Bonchev–Trinajstić information content (AvgIpc) is 3.08. The van der Waals surface area contributed by atoms with E-state index in [4.69, 9.17) is 0 Å². The summed E-state index contributed by atoms with van der Waals surface area (Å²) >= 11 is 0. The van der Waals surface area contributed by atoms with Gasteiger partial charge in [0.25, 0.3) is 0 Å². The van der Waals surface area contributed by atoms with E-state index in [1.165, 1.54) is 0 Å². The summed E-state index contributed by atoms with van der Waals surface area (Å²) < 4.78 is 3.42. The number of aromatic nitrogens is 4. The summed E-state index contributed by atoms with van der Waals surface area (Å²) in [6.45, 7) is 2.08. The number of hydrogen-bond acceptors (Lipinski definition) is 3. The summed E-state index contributed by atoms with van der Waals surface area (Å²) in [4.78, 5) is 14.2. The first-order valence-electron chi connectivity index (χ1n) is 6.76. The van der Waals surface area contributed by atoms with Crippen molar-refractivity contribution in [3.63, 3.8) is 0 Å². The molecule has 0 bridgehead atoms. The monoisotopic (exact) mass is 283 g/mol. The van der Waals surface area contributed by atoms with Crippen molar-refractivity contribution in [2.45, 2.75) is 13.0 Å². The Hall–Kier alpha value is -2.76. The Kier molecular flexibility index (Phi) is 3.35. The Labute approximate surface area is 122 Å². The Balaban J connectivity index is 1.78. The highest BCUT2D eigenvalue weighted by Gasteiger charge is 2.09. The van der Waals surface area contributed by atoms with Crippen molar-refractivity contribution in [1.29, 1.82) is 0 Å². The first-order valence-corrected chi connectivity index (χ1v) is 6.76. The first-order chi connectivity index (χ1) is 10.1. The number of aromatic amines is 1. The molecular formula is C15H17N5O. The molecule has 0 aliphatic heterocycles. The van der Waals surface area contributed by atoms with Crippen molar-refractivity contribution in [2.24, 2.45) is 7.05 Å². The molecular weight excluding hydrogens is 266 g/mol. The van der Waals surface area contributed by atoms with E-state index in [1.807, 2.05) is 42.1 Å². The molecule has 2 aromatic heterocycles. The third-order valence-corrected chi connectivity index (χ3v) is 3.48. The van der Waals surface area contributed by atoms with Crippen molar-refractivity contribution in [2.75, 3.05) is 5.32 Å². The highest BCUT2D eigenvalue weighted by molar-refractivity contribution is 5.49. The van der Waals surface area contributed by atoms with Gasteiger partial charge in [0.05, 0.1) is 17.4 Å². The van der Waals surface area contributed by atoms with Crippen molar-refractivity contribution in [3.05, 3.63) is 65.1 Å². The fourth-order valence-electron chi connectivity index (χ4n) is 2.37. The van der Waals surface area contributed by atoms with Crippen molar-refractivity contribution >= 4 is 5.69 Å². The SMILES string of the molecule is CC(Nc1ccc(-n2cc[nH]c2=O)cc1)c1ccnn1C. The number of imidazole rings is 1. The number of anilines is 1. The van der Waals surface area contributed by atoms with Gasteiger partial charge in [-0.15, -0.1) is 0 Å². The van der Waals surface area contributed by atoms with Crippen LogP contribution in [-0.4, -0.2) is 19.3 Å². The van der Waals surface area contributed by atoms with Crippen molar-refractivity contribution < 1.29 is 0 Å². The molecule has 3 aromatic rings. The summed E-state index contributed by atoms with van der Waals surface area (Å²) in [5, 5.41) is 7.59. The lowest BCUT2D eigenvalue weighted by Crippen LogP contribution is -2.14. The summed E-state index contributed by atoms with van der Waals surface area (Å²) in [6.07, 6.45) is 5.12. The molecule has 3 rings (SSSR count). The summed E-state index contributed by atoms with van der Waals surface area (Å²) in [5.74, 6) is 0.